The Bertz CT molecular complexity index is 439. The summed E-state index contributed by atoms with van der Waals surface area (Å²) in [5, 5.41) is 0. The van der Waals surface area contributed by atoms with Crippen molar-refractivity contribution in [2.45, 2.75) is 37.5 Å². The van der Waals surface area contributed by atoms with Gasteiger partial charge in [-0.15, -0.1) is 0 Å². The summed E-state index contributed by atoms with van der Waals surface area (Å²) < 4.78 is 20.2. The second-order valence-corrected chi connectivity index (χ2v) is 5.80. The maximum absolute atomic E-state index is 14.0. The quantitative estimate of drug-likeness (QED) is 0.910. The molecule has 0 amide bonds. The third kappa shape index (κ3) is 1.92. The molecule has 1 aromatic rings. The number of ether oxygens (including phenoxy) is 1. The molecule has 17 heavy (non-hydrogen) atoms. The minimum atomic E-state index is -0.261. The van der Waals surface area contributed by atoms with Crippen LogP contribution < -0.4 is 5.73 Å². The van der Waals surface area contributed by atoms with Gasteiger partial charge in [-0.1, -0.05) is 12.1 Å². The van der Waals surface area contributed by atoms with Crippen molar-refractivity contribution in [3.05, 3.63) is 34.1 Å². The van der Waals surface area contributed by atoms with Gasteiger partial charge in [0.25, 0.3) is 0 Å². The molecule has 92 valence electrons. The highest BCUT2D eigenvalue weighted by molar-refractivity contribution is 9.10. The Labute approximate surface area is 108 Å². The zero-order valence-electron chi connectivity index (χ0n) is 9.40. The molecule has 0 saturated carbocycles. The van der Waals surface area contributed by atoms with Crippen molar-refractivity contribution in [1.29, 1.82) is 0 Å². The van der Waals surface area contributed by atoms with Crippen LogP contribution in [0.1, 0.15) is 30.9 Å². The molecular formula is C13H15BrFNO. The van der Waals surface area contributed by atoms with E-state index in [1.165, 1.54) is 0 Å². The highest BCUT2D eigenvalue weighted by Crippen LogP contribution is 2.44. The van der Waals surface area contributed by atoms with Gasteiger partial charge in [-0.05, 0) is 41.3 Å². The SMILES string of the molecule is NC(c1cccc(Br)c1F)C1CC2CCC1O2. The molecule has 2 aliphatic heterocycles. The zero-order chi connectivity index (χ0) is 12.0. The molecule has 2 bridgehead atoms. The molecule has 4 unspecified atom stereocenters. The van der Waals surface area contributed by atoms with Gasteiger partial charge in [0.15, 0.2) is 0 Å². The average Bonchev–Trinajstić information content (AvgIpc) is 2.94. The van der Waals surface area contributed by atoms with Crippen LogP contribution >= 0.6 is 15.9 Å². The monoisotopic (exact) mass is 299 g/mol. The molecule has 4 atom stereocenters. The van der Waals surface area contributed by atoms with Gasteiger partial charge in [-0.3, -0.25) is 0 Å². The minimum Gasteiger partial charge on any atom is -0.375 e. The number of benzene rings is 1. The second-order valence-electron chi connectivity index (χ2n) is 4.94. The Morgan fingerprint density at radius 3 is 2.88 bits per heavy atom. The molecule has 0 aromatic heterocycles. The lowest BCUT2D eigenvalue weighted by atomic mass is 9.81. The summed E-state index contributed by atoms with van der Waals surface area (Å²) in [6.45, 7) is 0. The van der Waals surface area contributed by atoms with E-state index in [4.69, 9.17) is 10.5 Å². The van der Waals surface area contributed by atoms with Crippen LogP contribution in [0.25, 0.3) is 0 Å². The summed E-state index contributed by atoms with van der Waals surface area (Å²) in [6, 6.07) is 5.04. The highest BCUT2D eigenvalue weighted by atomic mass is 79.9. The maximum Gasteiger partial charge on any atom is 0.142 e. The van der Waals surface area contributed by atoms with Crippen molar-refractivity contribution in [3.8, 4) is 0 Å². The Kier molecular flexibility index (Phi) is 2.97. The van der Waals surface area contributed by atoms with Crippen molar-refractivity contribution in [1.82, 2.24) is 0 Å². The predicted octanol–water partition coefficient (Wildman–Crippen LogP) is 3.16. The van der Waals surface area contributed by atoms with Gasteiger partial charge >= 0.3 is 0 Å². The Morgan fingerprint density at radius 2 is 2.24 bits per heavy atom. The lowest BCUT2D eigenvalue weighted by Gasteiger charge is -2.26. The van der Waals surface area contributed by atoms with Crippen LogP contribution in [0.5, 0.6) is 0 Å². The summed E-state index contributed by atoms with van der Waals surface area (Å²) in [6.07, 6.45) is 3.75. The fourth-order valence-corrected chi connectivity index (χ4v) is 3.45. The summed E-state index contributed by atoms with van der Waals surface area (Å²) in [4.78, 5) is 0. The van der Waals surface area contributed by atoms with Crippen molar-refractivity contribution in [2.24, 2.45) is 11.7 Å². The van der Waals surface area contributed by atoms with E-state index in [1.54, 1.807) is 12.1 Å². The van der Waals surface area contributed by atoms with Crippen LogP contribution in [0.15, 0.2) is 22.7 Å². The molecule has 2 N–H and O–H groups in total. The molecule has 3 rings (SSSR count). The Balaban J connectivity index is 1.86. The average molecular weight is 300 g/mol. The minimum absolute atomic E-state index is 0.230. The third-order valence-electron chi connectivity index (χ3n) is 3.95. The van der Waals surface area contributed by atoms with Crippen LogP contribution in [0.3, 0.4) is 0 Å². The molecule has 1 aromatic carbocycles. The molecule has 4 heteroatoms. The first-order valence-corrected chi connectivity index (χ1v) is 6.81. The summed E-state index contributed by atoms with van der Waals surface area (Å²) in [7, 11) is 0. The molecule has 0 aliphatic carbocycles. The van der Waals surface area contributed by atoms with E-state index in [0.29, 0.717) is 16.1 Å². The first-order valence-electron chi connectivity index (χ1n) is 6.02. The summed E-state index contributed by atoms with van der Waals surface area (Å²) in [5.74, 6) is 0.0281. The van der Waals surface area contributed by atoms with Gasteiger partial charge in [0.05, 0.1) is 16.7 Å². The molecule has 2 nitrogen and oxygen atoms in total. The van der Waals surface area contributed by atoms with Crippen LogP contribution in [0, 0.1) is 11.7 Å². The Morgan fingerprint density at radius 1 is 1.41 bits per heavy atom. The van der Waals surface area contributed by atoms with Crippen LogP contribution in [-0.4, -0.2) is 12.2 Å². The van der Waals surface area contributed by atoms with Gasteiger partial charge in [-0.25, -0.2) is 4.39 Å². The Hall–Kier alpha value is -0.450. The molecule has 2 aliphatic rings. The van der Waals surface area contributed by atoms with Crippen LogP contribution in [0.4, 0.5) is 4.39 Å². The number of fused-ring (bicyclic) bond motifs is 2. The number of rotatable bonds is 2. The molecule has 0 spiro atoms. The summed E-state index contributed by atoms with van der Waals surface area (Å²) in [5.41, 5.74) is 6.81. The smallest absolute Gasteiger partial charge is 0.142 e. The molecular weight excluding hydrogens is 285 g/mol. The van der Waals surface area contributed by atoms with Crippen molar-refractivity contribution >= 4 is 15.9 Å². The maximum atomic E-state index is 14.0. The fourth-order valence-electron chi connectivity index (χ4n) is 3.06. The standard InChI is InChI=1S/C13H15BrFNO/c14-10-3-1-2-8(12(10)15)13(16)9-6-7-4-5-11(9)17-7/h1-3,7,9,11,13H,4-6,16H2. The summed E-state index contributed by atoms with van der Waals surface area (Å²) >= 11 is 3.20. The largest absolute Gasteiger partial charge is 0.375 e. The number of nitrogens with two attached hydrogens (primary N) is 1. The van der Waals surface area contributed by atoms with Gasteiger partial charge in [0, 0.05) is 17.5 Å². The molecule has 2 saturated heterocycles. The van der Waals surface area contributed by atoms with Crippen molar-refractivity contribution in [2.75, 3.05) is 0 Å². The fraction of sp³-hybridized carbons (Fsp3) is 0.538. The highest BCUT2D eigenvalue weighted by Gasteiger charge is 2.44. The lowest BCUT2D eigenvalue weighted by molar-refractivity contribution is 0.0882. The van der Waals surface area contributed by atoms with E-state index < -0.39 is 0 Å². The van der Waals surface area contributed by atoms with Crippen LogP contribution in [0.2, 0.25) is 0 Å². The zero-order valence-corrected chi connectivity index (χ0v) is 11.0. The van der Waals surface area contributed by atoms with Crippen molar-refractivity contribution < 1.29 is 9.13 Å². The van der Waals surface area contributed by atoms with E-state index in [0.717, 1.165) is 19.3 Å². The first kappa shape index (κ1) is 11.6. The van der Waals surface area contributed by atoms with E-state index in [2.05, 4.69) is 15.9 Å². The number of hydrogen-bond donors (Lipinski definition) is 1. The van der Waals surface area contributed by atoms with Crippen LogP contribution in [-0.2, 0) is 4.74 Å². The topological polar surface area (TPSA) is 35.2 Å². The first-order chi connectivity index (χ1) is 8.16. The lowest BCUT2D eigenvalue weighted by Crippen LogP contribution is -2.30. The molecule has 0 radical (unpaired) electrons. The molecule has 2 heterocycles. The van der Waals surface area contributed by atoms with E-state index >= 15 is 0 Å². The van der Waals surface area contributed by atoms with Crippen molar-refractivity contribution in [3.63, 3.8) is 0 Å². The third-order valence-corrected chi connectivity index (χ3v) is 4.57. The predicted molar refractivity (Wildman–Crippen MR) is 67.0 cm³/mol. The van der Waals surface area contributed by atoms with Gasteiger partial charge in [0.2, 0.25) is 0 Å². The molecule has 2 fully saturated rings. The number of hydrogen-bond acceptors (Lipinski definition) is 2. The van der Waals surface area contributed by atoms with Gasteiger partial charge < -0.3 is 10.5 Å². The van der Waals surface area contributed by atoms with Gasteiger partial charge in [-0.2, -0.15) is 0 Å². The van der Waals surface area contributed by atoms with Gasteiger partial charge in [0.1, 0.15) is 5.82 Å². The van der Waals surface area contributed by atoms with E-state index in [-0.39, 0.29) is 23.9 Å². The van der Waals surface area contributed by atoms with E-state index in [1.807, 2.05) is 6.07 Å². The van der Waals surface area contributed by atoms with E-state index in [9.17, 15) is 4.39 Å². The normalized spacial score (nSPS) is 33.0. The second kappa shape index (κ2) is 4.34. The number of halogens is 2.